The van der Waals surface area contributed by atoms with Crippen LogP contribution >= 0.6 is 35.0 Å². The fourth-order valence-corrected chi connectivity index (χ4v) is 6.50. The van der Waals surface area contributed by atoms with Crippen LogP contribution in [-0.2, 0) is 22.5 Å². The van der Waals surface area contributed by atoms with Crippen LogP contribution in [0.3, 0.4) is 0 Å². The van der Waals surface area contributed by atoms with Gasteiger partial charge in [-0.05, 0) is 43.2 Å². The number of carbonyl (C=O) groups excluding carboxylic acids is 1. The van der Waals surface area contributed by atoms with Crippen molar-refractivity contribution in [2.75, 3.05) is 39.5 Å². The van der Waals surface area contributed by atoms with E-state index in [0.29, 0.717) is 85.4 Å². The van der Waals surface area contributed by atoms with Crippen molar-refractivity contribution in [3.05, 3.63) is 80.2 Å². The molecule has 0 spiro atoms. The highest BCUT2D eigenvalue weighted by Gasteiger charge is 2.28. The second kappa shape index (κ2) is 14.6. The quantitative estimate of drug-likeness (QED) is 0.210. The SMILES string of the molecule is O=C(CCNCCOCCOc1ccc(Cl)cc1Cl)N1CCc2nc(SC3CCC3)n(-c3ccccc3)c(=O)c2C1. The number of carbonyl (C=O) groups is 1. The number of hydrogen-bond acceptors (Lipinski definition) is 7. The average Bonchev–Trinajstić information content (AvgIpc) is 2.95. The first-order valence-electron chi connectivity index (χ1n) is 14.0. The summed E-state index contributed by atoms with van der Waals surface area (Å²) in [5, 5.41) is 5.54. The van der Waals surface area contributed by atoms with E-state index in [-0.39, 0.29) is 11.5 Å². The lowest BCUT2D eigenvalue weighted by atomic mass is 10.0. The predicted molar refractivity (Wildman–Crippen MR) is 163 cm³/mol. The monoisotopic (exact) mass is 616 g/mol. The van der Waals surface area contributed by atoms with Gasteiger partial charge in [-0.2, -0.15) is 0 Å². The van der Waals surface area contributed by atoms with Crippen molar-refractivity contribution in [3.63, 3.8) is 0 Å². The average molecular weight is 618 g/mol. The molecule has 2 aliphatic rings. The largest absolute Gasteiger partial charge is 0.490 e. The van der Waals surface area contributed by atoms with Crippen molar-refractivity contribution >= 4 is 40.9 Å². The van der Waals surface area contributed by atoms with Gasteiger partial charge in [-0.15, -0.1) is 0 Å². The highest BCUT2D eigenvalue weighted by molar-refractivity contribution is 7.99. The van der Waals surface area contributed by atoms with Gasteiger partial charge in [-0.25, -0.2) is 4.98 Å². The Balaban J connectivity index is 1.07. The van der Waals surface area contributed by atoms with Crippen LogP contribution in [0.2, 0.25) is 10.0 Å². The fourth-order valence-electron chi connectivity index (χ4n) is 4.72. The summed E-state index contributed by atoms with van der Waals surface area (Å²) in [6.07, 6.45) is 4.48. The van der Waals surface area contributed by atoms with E-state index >= 15 is 0 Å². The van der Waals surface area contributed by atoms with Crippen LogP contribution in [0.4, 0.5) is 0 Å². The molecule has 0 atom stereocenters. The lowest BCUT2D eigenvalue weighted by molar-refractivity contribution is -0.132. The van der Waals surface area contributed by atoms with Crippen LogP contribution in [0.15, 0.2) is 58.5 Å². The van der Waals surface area contributed by atoms with Crippen molar-refractivity contribution in [3.8, 4) is 11.4 Å². The molecule has 1 N–H and O–H groups in total. The minimum Gasteiger partial charge on any atom is -0.490 e. The number of halogens is 2. The number of thioether (sulfide) groups is 1. The van der Waals surface area contributed by atoms with E-state index in [0.717, 1.165) is 29.4 Å². The first-order valence-corrected chi connectivity index (χ1v) is 15.6. The van der Waals surface area contributed by atoms with Crippen LogP contribution in [0, 0.1) is 0 Å². The molecule has 1 aromatic heterocycles. The maximum atomic E-state index is 13.7. The Bertz CT molecular complexity index is 1400. The molecule has 41 heavy (non-hydrogen) atoms. The number of para-hydroxylation sites is 1. The Morgan fingerprint density at radius 2 is 1.90 bits per heavy atom. The molecule has 1 aliphatic carbocycles. The van der Waals surface area contributed by atoms with E-state index in [1.165, 1.54) is 6.42 Å². The molecule has 1 amide bonds. The molecule has 2 heterocycles. The van der Waals surface area contributed by atoms with Crippen LogP contribution < -0.4 is 15.6 Å². The van der Waals surface area contributed by atoms with Gasteiger partial charge in [-0.1, -0.05) is 59.6 Å². The Hall–Kier alpha value is -2.56. The normalized spacial score (nSPS) is 14.9. The summed E-state index contributed by atoms with van der Waals surface area (Å²) in [6.45, 7) is 3.30. The van der Waals surface area contributed by atoms with Gasteiger partial charge in [0.1, 0.15) is 12.4 Å². The molecular weight excluding hydrogens is 583 g/mol. The number of nitrogens with one attached hydrogen (secondary N) is 1. The van der Waals surface area contributed by atoms with Crippen LogP contribution in [0.1, 0.15) is 36.9 Å². The minimum atomic E-state index is -0.0712. The molecule has 3 aromatic rings. The molecule has 218 valence electrons. The number of fused-ring (bicyclic) bond motifs is 1. The van der Waals surface area contributed by atoms with E-state index in [4.69, 9.17) is 37.7 Å². The molecule has 5 rings (SSSR count). The van der Waals surface area contributed by atoms with Crippen LogP contribution in [0.25, 0.3) is 5.69 Å². The maximum absolute atomic E-state index is 13.7. The van der Waals surface area contributed by atoms with Crippen molar-refractivity contribution in [1.82, 2.24) is 19.8 Å². The number of aromatic nitrogens is 2. The topological polar surface area (TPSA) is 85.7 Å². The van der Waals surface area contributed by atoms with Gasteiger partial charge in [0, 0.05) is 42.7 Å². The van der Waals surface area contributed by atoms with Crippen molar-refractivity contribution < 1.29 is 14.3 Å². The third-order valence-electron chi connectivity index (χ3n) is 7.21. The van der Waals surface area contributed by atoms with Crippen LogP contribution in [0.5, 0.6) is 5.75 Å². The zero-order valence-corrected chi connectivity index (χ0v) is 25.1. The highest BCUT2D eigenvalue weighted by atomic mass is 35.5. The second-order valence-electron chi connectivity index (χ2n) is 10.1. The lowest BCUT2D eigenvalue weighted by Gasteiger charge is -2.30. The Morgan fingerprint density at radius 3 is 2.66 bits per heavy atom. The predicted octanol–water partition coefficient (Wildman–Crippen LogP) is 5.14. The summed E-state index contributed by atoms with van der Waals surface area (Å²) in [7, 11) is 0. The van der Waals surface area contributed by atoms with Crippen molar-refractivity contribution in [2.45, 2.75) is 49.1 Å². The van der Waals surface area contributed by atoms with Gasteiger partial charge in [0.15, 0.2) is 5.16 Å². The van der Waals surface area contributed by atoms with Crippen molar-refractivity contribution in [2.24, 2.45) is 0 Å². The number of nitrogens with zero attached hydrogens (tertiary/aromatic N) is 3. The first kappa shape index (κ1) is 29.9. The molecule has 1 aliphatic heterocycles. The third kappa shape index (κ3) is 7.84. The Morgan fingerprint density at radius 1 is 1.07 bits per heavy atom. The summed E-state index contributed by atoms with van der Waals surface area (Å²) in [6, 6.07) is 14.8. The summed E-state index contributed by atoms with van der Waals surface area (Å²) >= 11 is 13.7. The van der Waals surface area contributed by atoms with E-state index in [1.54, 1.807) is 39.4 Å². The van der Waals surface area contributed by atoms with Gasteiger partial charge in [0.25, 0.3) is 5.56 Å². The van der Waals surface area contributed by atoms with E-state index in [2.05, 4.69) is 5.32 Å². The summed E-state index contributed by atoms with van der Waals surface area (Å²) in [4.78, 5) is 33.4. The molecule has 8 nitrogen and oxygen atoms in total. The Labute approximate surface area is 254 Å². The molecule has 11 heteroatoms. The Kier molecular flexibility index (Phi) is 10.6. The molecule has 1 fully saturated rings. The van der Waals surface area contributed by atoms with E-state index in [9.17, 15) is 9.59 Å². The molecule has 1 saturated carbocycles. The molecule has 0 unspecified atom stereocenters. The number of ether oxygens (including phenoxy) is 2. The van der Waals surface area contributed by atoms with E-state index < -0.39 is 0 Å². The fraction of sp³-hybridized carbons (Fsp3) is 0.433. The van der Waals surface area contributed by atoms with Gasteiger partial charge in [0.05, 0.1) is 41.7 Å². The summed E-state index contributed by atoms with van der Waals surface area (Å²) in [5.74, 6) is 0.593. The summed E-state index contributed by atoms with van der Waals surface area (Å²) < 4.78 is 12.9. The third-order valence-corrected chi connectivity index (χ3v) is 9.03. The lowest BCUT2D eigenvalue weighted by Crippen LogP contribution is -2.42. The molecule has 0 saturated heterocycles. The maximum Gasteiger partial charge on any atom is 0.264 e. The first-order chi connectivity index (χ1) is 20.0. The number of rotatable bonds is 13. The summed E-state index contributed by atoms with van der Waals surface area (Å²) in [5.41, 5.74) is 2.18. The van der Waals surface area contributed by atoms with Crippen LogP contribution in [-0.4, -0.2) is 65.1 Å². The number of hydrogen-bond donors (Lipinski definition) is 1. The highest BCUT2D eigenvalue weighted by Crippen LogP contribution is 2.36. The molecular formula is C30H34Cl2N4O4S. The van der Waals surface area contributed by atoms with Gasteiger partial charge in [0.2, 0.25) is 5.91 Å². The zero-order valence-electron chi connectivity index (χ0n) is 22.8. The zero-order chi connectivity index (χ0) is 28.6. The van der Waals surface area contributed by atoms with E-state index in [1.807, 2.05) is 30.3 Å². The number of amides is 1. The number of benzene rings is 2. The smallest absolute Gasteiger partial charge is 0.264 e. The molecule has 0 bridgehead atoms. The van der Waals surface area contributed by atoms with Gasteiger partial charge >= 0.3 is 0 Å². The molecule has 2 aromatic carbocycles. The molecule has 0 radical (unpaired) electrons. The van der Waals surface area contributed by atoms with Gasteiger partial charge < -0.3 is 19.7 Å². The van der Waals surface area contributed by atoms with Gasteiger partial charge in [-0.3, -0.25) is 14.2 Å². The standard InChI is InChI=1S/C30H34Cl2N4O4S/c31-21-9-10-27(25(32)19-21)40-18-17-39-16-14-33-13-11-28(37)35-15-12-26-24(20-35)29(38)36(22-5-2-1-3-6-22)30(34-26)41-23-7-4-8-23/h1-3,5-6,9-10,19,23,33H,4,7-8,11-18,20H2. The minimum absolute atomic E-state index is 0.0240. The van der Waals surface area contributed by atoms with Crippen molar-refractivity contribution in [1.29, 1.82) is 0 Å². The second-order valence-corrected chi connectivity index (χ2v) is 12.2.